The van der Waals surface area contributed by atoms with Gasteiger partial charge in [-0.05, 0) is 11.6 Å². The van der Waals surface area contributed by atoms with Gasteiger partial charge in [0.1, 0.15) is 11.7 Å². The minimum Gasteiger partial charge on any atom is -0.480 e. The number of carbonyl (C=O) groups is 2. The number of hydrogen-bond acceptors (Lipinski definition) is 4. The first kappa shape index (κ1) is 20.1. The molecule has 0 radical (unpaired) electrons. The van der Waals surface area contributed by atoms with E-state index in [0.717, 1.165) is 25.2 Å². The van der Waals surface area contributed by atoms with Gasteiger partial charge in [0.15, 0.2) is 0 Å². The molecule has 4 rings (SSSR count). The van der Waals surface area contributed by atoms with E-state index in [2.05, 4.69) is 17.0 Å². The number of fused-ring (bicyclic) bond motifs is 1. The molecule has 0 spiro atoms. The lowest BCUT2D eigenvalue weighted by molar-refractivity contribution is -0.144. The number of carboxylic acids is 2. The molecule has 1 fully saturated rings. The molecule has 2 heterocycles. The van der Waals surface area contributed by atoms with Gasteiger partial charge < -0.3 is 14.8 Å². The lowest BCUT2D eigenvalue weighted by Gasteiger charge is -2.38. The summed E-state index contributed by atoms with van der Waals surface area (Å²) in [4.78, 5) is 28.6. The second-order valence-corrected chi connectivity index (χ2v) is 7.68. The monoisotopic (exact) mass is 407 g/mol. The van der Waals surface area contributed by atoms with Crippen LogP contribution in [0.3, 0.4) is 0 Å². The molecule has 1 saturated heterocycles. The van der Waals surface area contributed by atoms with Crippen molar-refractivity contribution >= 4 is 22.8 Å². The maximum Gasteiger partial charge on any atom is 0.352 e. The molecular weight excluding hydrogens is 382 g/mol. The highest BCUT2D eigenvalue weighted by Crippen LogP contribution is 2.34. The van der Waals surface area contributed by atoms with Crippen molar-refractivity contribution in [3.8, 4) is 0 Å². The molecule has 2 N–H and O–H groups in total. The third kappa shape index (κ3) is 3.69. The number of hydrogen-bond donors (Lipinski definition) is 2. The first-order valence-electron chi connectivity index (χ1n) is 10.0. The molecule has 156 valence electrons. The fraction of sp³-hybridized carbons (Fsp3) is 0.304. The molecule has 2 aromatic carbocycles. The first-order valence-corrected chi connectivity index (χ1v) is 10.0. The van der Waals surface area contributed by atoms with Crippen molar-refractivity contribution < 1.29 is 19.8 Å². The van der Waals surface area contributed by atoms with Crippen LogP contribution in [0.15, 0.2) is 54.6 Å². The summed E-state index contributed by atoms with van der Waals surface area (Å²) in [5.74, 6) is -2.14. The molecule has 7 nitrogen and oxygen atoms in total. The number of rotatable bonds is 6. The summed E-state index contributed by atoms with van der Waals surface area (Å²) in [6.45, 7) is 3.40. The van der Waals surface area contributed by atoms with E-state index in [4.69, 9.17) is 0 Å². The van der Waals surface area contributed by atoms with Crippen LogP contribution in [0.5, 0.6) is 0 Å². The van der Waals surface area contributed by atoms with E-state index in [1.54, 1.807) is 17.7 Å². The molecule has 1 aromatic heterocycles. The van der Waals surface area contributed by atoms with Crippen LogP contribution in [0.25, 0.3) is 10.9 Å². The van der Waals surface area contributed by atoms with E-state index in [1.165, 1.54) is 5.56 Å². The summed E-state index contributed by atoms with van der Waals surface area (Å²) in [7, 11) is 1.67. The minimum atomic E-state index is -1.11. The van der Waals surface area contributed by atoms with Crippen molar-refractivity contribution in [3.05, 3.63) is 71.4 Å². The summed E-state index contributed by atoms with van der Waals surface area (Å²) < 4.78 is 1.58. The van der Waals surface area contributed by atoms with Crippen LogP contribution in [0.2, 0.25) is 0 Å². The van der Waals surface area contributed by atoms with Crippen LogP contribution >= 0.6 is 0 Å². The topological polar surface area (TPSA) is 86.0 Å². The van der Waals surface area contributed by atoms with Gasteiger partial charge in [0, 0.05) is 56.2 Å². The molecule has 0 aliphatic carbocycles. The molecular formula is C23H25N3O4. The summed E-state index contributed by atoms with van der Waals surface area (Å²) in [5, 5.41) is 20.6. The van der Waals surface area contributed by atoms with E-state index in [9.17, 15) is 19.8 Å². The highest BCUT2D eigenvalue weighted by atomic mass is 16.4. The molecule has 0 amide bonds. The largest absolute Gasteiger partial charge is 0.480 e. The van der Waals surface area contributed by atoms with Crippen molar-refractivity contribution in [2.75, 3.05) is 26.2 Å². The van der Waals surface area contributed by atoms with E-state index in [-0.39, 0.29) is 5.69 Å². The molecule has 7 heteroatoms. The number of aromatic nitrogens is 1. The average Bonchev–Trinajstić information content (AvgIpc) is 3.03. The number of carboxylic acid groups (broad SMARTS) is 2. The Bertz CT molecular complexity index is 1070. The standard InChI is InChI=1S/C23H25N3O4/c1-24-18-10-6-5-9-17(18)19(20(24)22(27)28)21(23(29)30)26-13-11-25(12-14-26)15-16-7-3-2-4-8-16/h2-10,21H,11-15H2,1H3,(H,27,28)(H,29,30)/t21-/m1/s1. The summed E-state index contributed by atoms with van der Waals surface area (Å²) >= 11 is 0. The van der Waals surface area contributed by atoms with Crippen LogP contribution in [0.4, 0.5) is 0 Å². The molecule has 0 unspecified atom stereocenters. The van der Waals surface area contributed by atoms with Crippen molar-refractivity contribution in [2.24, 2.45) is 7.05 Å². The number of nitrogens with zero attached hydrogens (tertiary/aromatic N) is 3. The van der Waals surface area contributed by atoms with Crippen LogP contribution in [0.1, 0.15) is 27.7 Å². The van der Waals surface area contributed by atoms with Crippen molar-refractivity contribution in [3.63, 3.8) is 0 Å². The van der Waals surface area contributed by atoms with Crippen LogP contribution in [-0.4, -0.2) is 62.7 Å². The Kier molecular flexibility index (Phi) is 5.57. The molecule has 0 saturated carbocycles. The van der Waals surface area contributed by atoms with Crippen LogP contribution < -0.4 is 0 Å². The number of aliphatic carboxylic acids is 1. The number of para-hydroxylation sites is 1. The third-order valence-electron chi connectivity index (χ3n) is 5.88. The zero-order valence-electron chi connectivity index (χ0n) is 16.9. The Labute approximate surface area is 174 Å². The lowest BCUT2D eigenvalue weighted by atomic mass is 10.00. The second kappa shape index (κ2) is 8.30. The second-order valence-electron chi connectivity index (χ2n) is 7.68. The number of aryl methyl sites for hydroxylation is 1. The predicted molar refractivity (Wildman–Crippen MR) is 114 cm³/mol. The van der Waals surface area contributed by atoms with Gasteiger partial charge in [-0.2, -0.15) is 0 Å². The molecule has 1 aliphatic heterocycles. The van der Waals surface area contributed by atoms with Crippen molar-refractivity contribution in [2.45, 2.75) is 12.6 Å². The van der Waals surface area contributed by atoms with E-state index in [1.807, 2.05) is 41.3 Å². The molecule has 1 aliphatic rings. The Morgan fingerprint density at radius 3 is 2.20 bits per heavy atom. The number of piperazine rings is 1. The quantitative estimate of drug-likeness (QED) is 0.654. The first-order chi connectivity index (χ1) is 14.5. The number of aromatic carboxylic acids is 1. The fourth-order valence-corrected chi connectivity index (χ4v) is 4.44. The maximum atomic E-state index is 12.3. The Morgan fingerprint density at radius 2 is 1.57 bits per heavy atom. The van der Waals surface area contributed by atoms with Crippen LogP contribution in [0, 0.1) is 0 Å². The molecule has 0 bridgehead atoms. The summed E-state index contributed by atoms with van der Waals surface area (Å²) in [6.07, 6.45) is 0. The Balaban J connectivity index is 1.63. The minimum absolute atomic E-state index is 0.0373. The SMILES string of the molecule is Cn1c(C(=O)O)c([C@H](C(=O)O)N2CCN(Cc3ccccc3)CC2)c2ccccc21. The van der Waals surface area contributed by atoms with E-state index in [0.29, 0.717) is 24.0 Å². The maximum absolute atomic E-state index is 12.3. The van der Waals surface area contributed by atoms with Crippen molar-refractivity contribution in [1.82, 2.24) is 14.4 Å². The highest BCUT2D eigenvalue weighted by molar-refractivity contribution is 6.01. The Morgan fingerprint density at radius 1 is 0.933 bits per heavy atom. The van der Waals surface area contributed by atoms with Gasteiger partial charge >= 0.3 is 11.9 Å². The lowest BCUT2D eigenvalue weighted by Crippen LogP contribution is -2.49. The van der Waals surface area contributed by atoms with Gasteiger partial charge in [-0.1, -0.05) is 48.5 Å². The van der Waals surface area contributed by atoms with Crippen LogP contribution in [-0.2, 0) is 18.4 Å². The zero-order chi connectivity index (χ0) is 21.3. The Hall–Kier alpha value is -3.16. The predicted octanol–water partition coefficient (Wildman–Crippen LogP) is 2.82. The van der Waals surface area contributed by atoms with Gasteiger partial charge in [-0.15, -0.1) is 0 Å². The van der Waals surface area contributed by atoms with Gasteiger partial charge in [-0.25, -0.2) is 4.79 Å². The molecule has 3 aromatic rings. The fourth-order valence-electron chi connectivity index (χ4n) is 4.44. The van der Waals surface area contributed by atoms with Crippen molar-refractivity contribution in [1.29, 1.82) is 0 Å². The van der Waals surface area contributed by atoms with Gasteiger partial charge in [0.2, 0.25) is 0 Å². The zero-order valence-corrected chi connectivity index (χ0v) is 16.9. The van der Waals surface area contributed by atoms with Gasteiger partial charge in [0.05, 0.1) is 0 Å². The smallest absolute Gasteiger partial charge is 0.352 e. The normalized spacial score (nSPS) is 16.6. The van der Waals surface area contributed by atoms with E-state index >= 15 is 0 Å². The highest BCUT2D eigenvalue weighted by Gasteiger charge is 2.36. The third-order valence-corrected chi connectivity index (χ3v) is 5.88. The van der Waals surface area contributed by atoms with E-state index < -0.39 is 18.0 Å². The van der Waals surface area contributed by atoms with Gasteiger partial charge in [0.25, 0.3) is 0 Å². The summed E-state index contributed by atoms with van der Waals surface area (Å²) in [6, 6.07) is 16.5. The average molecular weight is 407 g/mol. The molecule has 1 atom stereocenters. The number of benzene rings is 2. The molecule has 30 heavy (non-hydrogen) atoms. The summed E-state index contributed by atoms with van der Waals surface area (Å²) in [5.41, 5.74) is 2.35. The van der Waals surface area contributed by atoms with Gasteiger partial charge in [-0.3, -0.25) is 14.6 Å².